The van der Waals surface area contributed by atoms with E-state index in [0.29, 0.717) is 34.3 Å². The number of halogens is 2. The molecule has 1 amide bonds. The van der Waals surface area contributed by atoms with E-state index >= 15 is 0 Å². The Morgan fingerprint density at radius 1 is 1.11 bits per heavy atom. The minimum atomic E-state index is -0.451. The highest BCUT2D eigenvalue weighted by molar-refractivity contribution is 6.07. The number of aliphatic hydroxyl groups is 1. The highest BCUT2D eigenvalue weighted by Crippen LogP contribution is 2.29. The van der Waals surface area contributed by atoms with Crippen molar-refractivity contribution in [2.75, 3.05) is 13.2 Å². The van der Waals surface area contributed by atoms with E-state index in [2.05, 4.69) is 4.98 Å². The van der Waals surface area contributed by atoms with Crippen LogP contribution in [0.3, 0.4) is 0 Å². The summed E-state index contributed by atoms with van der Waals surface area (Å²) < 4.78 is 27.1. The predicted octanol–water partition coefficient (Wildman–Crippen LogP) is 3.78. The molecule has 3 aromatic rings. The molecule has 2 heterocycles. The minimum absolute atomic E-state index is 0.103. The molecule has 6 heteroatoms. The predicted molar refractivity (Wildman–Crippen MR) is 98.2 cm³/mol. The molecule has 1 aliphatic heterocycles. The Bertz CT molecular complexity index is 1000. The van der Waals surface area contributed by atoms with Crippen LogP contribution in [0.2, 0.25) is 0 Å². The highest BCUT2D eigenvalue weighted by Gasteiger charge is 2.30. The molecule has 1 aliphatic rings. The second-order valence-corrected chi connectivity index (χ2v) is 6.70. The monoisotopic (exact) mass is 368 g/mol. The van der Waals surface area contributed by atoms with E-state index in [-0.39, 0.29) is 24.4 Å². The molecular formula is C21H18F2N2O2. The van der Waals surface area contributed by atoms with Gasteiger partial charge in [0.1, 0.15) is 11.6 Å². The van der Waals surface area contributed by atoms with Crippen molar-refractivity contribution >= 4 is 16.8 Å². The van der Waals surface area contributed by atoms with Crippen LogP contribution in [-0.4, -0.2) is 40.1 Å². The van der Waals surface area contributed by atoms with Gasteiger partial charge in [0.25, 0.3) is 5.91 Å². The number of rotatable bonds is 3. The smallest absolute Gasteiger partial charge is 0.254 e. The summed E-state index contributed by atoms with van der Waals surface area (Å²) in [5.74, 6) is -1.07. The van der Waals surface area contributed by atoms with E-state index in [4.69, 9.17) is 0 Å². The zero-order chi connectivity index (χ0) is 19.0. The molecule has 138 valence electrons. The first-order chi connectivity index (χ1) is 13.1. The highest BCUT2D eigenvalue weighted by atomic mass is 19.1. The van der Waals surface area contributed by atoms with Gasteiger partial charge in [-0.25, -0.2) is 13.8 Å². The van der Waals surface area contributed by atoms with Crippen molar-refractivity contribution in [3.63, 3.8) is 0 Å². The normalized spacial score (nSPS) is 16.9. The maximum absolute atomic E-state index is 13.8. The number of amides is 1. The maximum Gasteiger partial charge on any atom is 0.254 e. The van der Waals surface area contributed by atoms with Crippen molar-refractivity contribution < 1.29 is 18.7 Å². The second-order valence-electron chi connectivity index (χ2n) is 6.70. The average molecular weight is 368 g/mol. The standard InChI is InChI=1S/C21H18F2N2O2/c22-14-5-3-13(4-6-14)20-11-18(17-10-15(23)7-8-19(17)24-20)21(27)25-9-1-2-16(25)12-26/h3-8,10-11,16,26H,1-2,9,12H2. The number of fused-ring (bicyclic) bond motifs is 1. The lowest BCUT2D eigenvalue weighted by atomic mass is 10.0. The van der Waals surface area contributed by atoms with E-state index in [1.54, 1.807) is 23.1 Å². The van der Waals surface area contributed by atoms with Gasteiger partial charge in [-0.1, -0.05) is 0 Å². The Morgan fingerprint density at radius 3 is 2.59 bits per heavy atom. The van der Waals surface area contributed by atoms with Gasteiger partial charge in [-0.2, -0.15) is 0 Å². The third-order valence-electron chi connectivity index (χ3n) is 4.99. The van der Waals surface area contributed by atoms with Gasteiger partial charge in [0.15, 0.2) is 0 Å². The first kappa shape index (κ1) is 17.5. The minimum Gasteiger partial charge on any atom is -0.394 e. The fraction of sp³-hybridized carbons (Fsp3) is 0.238. The third-order valence-corrected chi connectivity index (χ3v) is 4.99. The van der Waals surface area contributed by atoms with Crippen LogP contribution in [0.4, 0.5) is 8.78 Å². The van der Waals surface area contributed by atoms with Crippen LogP contribution >= 0.6 is 0 Å². The average Bonchev–Trinajstić information content (AvgIpc) is 3.16. The number of hydrogen-bond acceptors (Lipinski definition) is 3. The first-order valence-electron chi connectivity index (χ1n) is 8.85. The molecule has 1 aromatic heterocycles. The molecule has 4 nitrogen and oxygen atoms in total. The molecule has 1 saturated heterocycles. The SMILES string of the molecule is O=C(c1cc(-c2ccc(F)cc2)nc2ccc(F)cc12)N1CCCC1CO. The molecule has 27 heavy (non-hydrogen) atoms. The summed E-state index contributed by atoms with van der Waals surface area (Å²) in [6.07, 6.45) is 1.56. The van der Waals surface area contributed by atoms with Crippen LogP contribution in [0.25, 0.3) is 22.2 Å². The Labute approximate surface area is 155 Å². The molecule has 1 atom stereocenters. The number of likely N-dealkylation sites (tertiary alicyclic amines) is 1. The molecular weight excluding hydrogens is 350 g/mol. The summed E-state index contributed by atoms with van der Waals surface area (Å²) in [6, 6.07) is 11.3. The van der Waals surface area contributed by atoms with Gasteiger partial charge in [0, 0.05) is 17.5 Å². The number of aliphatic hydroxyl groups excluding tert-OH is 1. The number of hydrogen-bond donors (Lipinski definition) is 1. The van der Waals surface area contributed by atoms with Crippen molar-refractivity contribution in [2.45, 2.75) is 18.9 Å². The van der Waals surface area contributed by atoms with Crippen molar-refractivity contribution in [1.29, 1.82) is 0 Å². The molecule has 0 spiro atoms. The molecule has 0 radical (unpaired) electrons. The van der Waals surface area contributed by atoms with E-state index in [0.717, 1.165) is 12.8 Å². The van der Waals surface area contributed by atoms with E-state index < -0.39 is 5.82 Å². The van der Waals surface area contributed by atoms with Gasteiger partial charge < -0.3 is 10.0 Å². The lowest BCUT2D eigenvalue weighted by Crippen LogP contribution is -2.37. The van der Waals surface area contributed by atoms with Crippen LogP contribution < -0.4 is 0 Å². The zero-order valence-electron chi connectivity index (χ0n) is 14.5. The maximum atomic E-state index is 13.8. The van der Waals surface area contributed by atoms with Crippen LogP contribution in [0, 0.1) is 11.6 Å². The van der Waals surface area contributed by atoms with Crippen molar-refractivity contribution in [1.82, 2.24) is 9.88 Å². The number of carbonyl (C=O) groups is 1. The van der Waals surface area contributed by atoms with E-state index in [1.165, 1.54) is 30.3 Å². The van der Waals surface area contributed by atoms with Gasteiger partial charge in [-0.3, -0.25) is 4.79 Å². The van der Waals surface area contributed by atoms with Crippen LogP contribution in [0.1, 0.15) is 23.2 Å². The topological polar surface area (TPSA) is 53.4 Å². The van der Waals surface area contributed by atoms with E-state index in [1.807, 2.05) is 0 Å². The van der Waals surface area contributed by atoms with Gasteiger partial charge in [-0.05, 0) is 61.4 Å². The Kier molecular flexibility index (Phi) is 4.58. The van der Waals surface area contributed by atoms with Crippen LogP contribution in [0.15, 0.2) is 48.5 Å². The van der Waals surface area contributed by atoms with Crippen molar-refractivity contribution in [2.24, 2.45) is 0 Å². The number of nitrogens with zero attached hydrogens (tertiary/aromatic N) is 2. The second kappa shape index (κ2) is 7.04. The molecule has 1 N–H and O–H groups in total. The fourth-order valence-corrected chi connectivity index (χ4v) is 3.59. The Morgan fingerprint density at radius 2 is 1.85 bits per heavy atom. The molecule has 0 saturated carbocycles. The molecule has 4 rings (SSSR count). The summed E-state index contributed by atoms with van der Waals surface area (Å²) in [6.45, 7) is 0.447. The lowest BCUT2D eigenvalue weighted by Gasteiger charge is -2.24. The largest absolute Gasteiger partial charge is 0.394 e. The Balaban J connectivity index is 1.87. The molecule has 2 aromatic carbocycles. The summed E-state index contributed by atoms with van der Waals surface area (Å²) in [7, 11) is 0. The molecule has 0 aliphatic carbocycles. The first-order valence-corrected chi connectivity index (χ1v) is 8.85. The van der Waals surface area contributed by atoms with Gasteiger partial charge in [0.05, 0.1) is 29.4 Å². The quantitative estimate of drug-likeness (QED) is 0.766. The molecule has 1 unspecified atom stereocenters. The number of benzene rings is 2. The van der Waals surface area contributed by atoms with Crippen LogP contribution in [0.5, 0.6) is 0 Å². The zero-order valence-corrected chi connectivity index (χ0v) is 14.5. The molecule has 1 fully saturated rings. The summed E-state index contributed by atoms with van der Waals surface area (Å²) in [5, 5.41) is 9.97. The number of pyridine rings is 1. The van der Waals surface area contributed by atoms with Crippen molar-refractivity contribution in [3.8, 4) is 11.3 Å². The summed E-state index contributed by atoms with van der Waals surface area (Å²) in [5.41, 5.74) is 1.99. The van der Waals surface area contributed by atoms with E-state index in [9.17, 15) is 18.7 Å². The number of carbonyl (C=O) groups excluding carboxylic acids is 1. The van der Waals surface area contributed by atoms with Crippen LogP contribution in [-0.2, 0) is 0 Å². The van der Waals surface area contributed by atoms with Gasteiger partial charge in [0.2, 0.25) is 0 Å². The van der Waals surface area contributed by atoms with Gasteiger partial charge in [-0.15, -0.1) is 0 Å². The third kappa shape index (κ3) is 3.28. The van der Waals surface area contributed by atoms with Crippen molar-refractivity contribution in [3.05, 3.63) is 65.7 Å². The summed E-state index contributed by atoms with van der Waals surface area (Å²) in [4.78, 5) is 19.3. The van der Waals surface area contributed by atoms with Gasteiger partial charge >= 0.3 is 0 Å². The lowest BCUT2D eigenvalue weighted by molar-refractivity contribution is 0.0679. The Hall–Kier alpha value is -2.86. The fourth-order valence-electron chi connectivity index (χ4n) is 3.59. The molecule has 0 bridgehead atoms. The summed E-state index contributed by atoms with van der Waals surface area (Å²) >= 11 is 0. The number of aromatic nitrogens is 1.